The highest BCUT2D eigenvalue weighted by Gasteiger charge is 2.17. The summed E-state index contributed by atoms with van der Waals surface area (Å²) in [4.78, 5) is 24.5. The molecular formula is C17H23NO3S. The molecule has 120 valence electrons. The molecule has 1 atom stereocenters. The molecule has 1 N–H and O–H groups in total. The van der Waals surface area contributed by atoms with E-state index in [1.54, 1.807) is 6.92 Å². The third kappa shape index (κ3) is 4.77. The van der Waals surface area contributed by atoms with E-state index in [-0.39, 0.29) is 17.6 Å². The summed E-state index contributed by atoms with van der Waals surface area (Å²) in [6.07, 6.45) is 3.63. The molecule has 1 aliphatic rings. The van der Waals surface area contributed by atoms with E-state index in [2.05, 4.69) is 23.5 Å². The Morgan fingerprint density at radius 1 is 1.32 bits per heavy atom. The molecule has 4 nitrogen and oxygen atoms in total. The van der Waals surface area contributed by atoms with Gasteiger partial charge in [-0.2, -0.15) is 0 Å². The maximum absolute atomic E-state index is 11.8. The number of fused-ring (bicyclic) bond motifs is 1. The van der Waals surface area contributed by atoms with Crippen LogP contribution in [0.4, 0.5) is 0 Å². The van der Waals surface area contributed by atoms with E-state index in [4.69, 9.17) is 4.74 Å². The van der Waals surface area contributed by atoms with Crippen LogP contribution in [0.15, 0.2) is 23.1 Å². The van der Waals surface area contributed by atoms with Crippen molar-refractivity contribution in [2.45, 2.75) is 50.5 Å². The van der Waals surface area contributed by atoms with Crippen molar-refractivity contribution in [3.05, 3.63) is 29.3 Å². The van der Waals surface area contributed by atoms with Crippen molar-refractivity contribution >= 4 is 23.6 Å². The van der Waals surface area contributed by atoms with Gasteiger partial charge in [-0.15, -0.1) is 11.8 Å². The summed E-state index contributed by atoms with van der Waals surface area (Å²) < 4.78 is 5.15. The summed E-state index contributed by atoms with van der Waals surface area (Å²) in [5.74, 6) is -0.369. The van der Waals surface area contributed by atoms with Crippen LogP contribution in [0.3, 0.4) is 0 Å². The number of rotatable bonds is 7. The lowest BCUT2D eigenvalue weighted by Crippen LogP contribution is -2.36. The van der Waals surface area contributed by atoms with Gasteiger partial charge in [0.1, 0.15) is 0 Å². The molecular weight excluding hydrogens is 298 g/mol. The number of benzene rings is 1. The zero-order valence-electron chi connectivity index (χ0n) is 13.2. The average molecular weight is 321 g/mol. The molecule has 0 bridgehead atoms. The fraction of sp³-hybridized carbons (Fsp3) is 0.529. The lowest BCUT2D eigenvalue weighted by Gasteiger charge is -2.13. The molecule has 0 aliphatic heterocycles. The summed E-state index contributed by atoms with van der Waals surface area (Å²) in [7, 11) is 0. The molecule has 0 fully saturated rings. The summed E-state index contributed by atoms with van der Waals surface area (Å²) in [6.45, 7) is 4.18. The molecule has 1 aromatic carbocycles. The number of carbonyl (C=O) groups is 2. The van der Waals surface area contributed by atoms with Crippen LogP contribution in [0.2, 0.25) is 0 Å². The van der Waals surface area contributed by atoms with Gasteiger partial charge in [-0.05, 0) is 55.9 Å². The van der Waals surface area contributed by atoms with E-state index in [1.165, 1.54) is 29.3 Å². The first-order valence-electron chi connectivity index (χ1n) is 7.82. The topological polar surface area (TPSA) is 55.4 Å². The quantitative estimate of drug-likeness (QED) is 0.620. The second kappa shape index (κ2) is 8.22. The Hall–Kier alpha value is -1.49. The number of hydrogen-bond donors (Lipinski definition) is 1. The normalized spacial score (nSPS) is 14.3. The minimum Gasteiger partial charge on any atom is -0.452 e. The first-order valence-corrected chi connectivity index (χ1v) is 8.80. The van der Waals surface area contributed by atoms with Crippen LogP contribution in [-0.4, -0.2) is 30.3 Å². The number of esters is 1. The fourth-order valence-electron chi connectivity index (χ4n) is 2.46. The van der Waals surface area contributed by atoms with Crippen LogP contribution >= 0.6 is 11.8 Å². The summed E-state index contributed by atoms with van der Waals surface area (Å²) >= 11 is 1.46. The highest BCUT2D eigenvalue weighted by molar-refractivity contribution is 8.00. The van der Waals surface area contributed by atoms with Crippen molar-refractivity contribution in [1.82, 2.24) is 5.32 Å². The Balaban J connectivity index is 1.76. The molecule has 1 aromatic rings. The maximum atomic E-state index is 11.8. The molecule has 22 heavy (non-hydrogen) atoms. The fourth-order valence-corrected chi connectivity index (χ4v) is 3.20. The van der Waals surface area contributed by atoms with Crippen LogP contribution in [0.1, 0.15) is 37.8 Å². The zero-order chi connectivity index (χ0) is 15.9. The van der Waals surface area contributed by atoms with Crippen molar-refractivity contribution in [2.24, 2.45) is 0 Å². The van der Waals surface area contributed by atoms with Crippen molar-refractivity contribution in [3.63, 3.8) is 0 Å². The number of nitrogens with one attached hydrogen (secondary N) is 1. The molecule has 1 amide bonds. The van der Waals surface area contributed by atoms with E-state index in [0.29, 0.717) is 6.54 Å². The van der Waals surface area contributed by atoms with Gasteiger partial charge in [0.25, 0.3) is 5.91 Å². The largest absolute Gasteiger partial charge is 0.452 e. The second-order valence-corrected chi connectivity index (χ2v) is 6.54. The number of ether oxygens (including phenoxy) is 1. The molecule has 0 aromatic heterocycles. The predicted molar refractivity (Wildman–Crippen MR) is 88.0 cm³/mol. The Kier molecular flexibility index (Phi) is 6.31. The van der Waals surface area contributed by atoms with Gasteiger partial charge in [-0.3, -0.25) is 9.59 Å². The van der Waals surface area contributed by atoms with Crippen molar-refractivity contribution in [2.75, 3.05) is 12.3 Å². The smallest absolute Gasteiger partial charge is 0.317 e. The Morgan fingerprint density at radius 3 is 2.86 bits per heavy atom. The van der Waals surface area contributed by atoms with E-state index in [1.807, 2.05) is 6.92 Å². The zero-order valence-corrected chi connectivity index (χ0v) is 14.0. The monoisotopic (exact) mass is 321 g/mol. The van der Waals surface area contributed by atoms with Crippen LogP contribution in [0.5, 0.6) is 0 Å². The maximum Gasteiger partial charge on any atom is 0.317 e. The van der Waals surface area contributed by atoms with Crippen LogP contribution in [0, 0.1) is 0 Å². The summed E-state index contributed by atoms with van der Waals surface area (Å²) in [6, 6.07) is 6.37. The lowest BCUT2D eigenvalue weighted by atomic mass is 10.1. The predicted octanol–water partition coefficient (Wildman–Crippen LogP) is 2.73. The lowest BCUT2D eigenvalue weighted by molar-refractivity contribution is -0.152. The van der Waals surface area contributed by atoms with Gasteiger partial charge < -0.3 is 10.1 Å². The Morgan fingerprint density at radius 2 is 2.09 bits per heavy atom. The highest BCUT2D eigenvalue weighted by Crippen LogP contribution is 2.27. The van der Waals surface area contributed by atoms with E-state index < -0.39 is 6.10 Å². The molecule has 0 radical (unpaired) electrons. The minimum atomic E-state index is -0.736. The Bertz CT molecular complexity index is 545. The standard InChI is InChI=1S/C17H23NO3S/c1-3-9-18-17(20)12(2)21-16(19)11-22-15-8-7-13-5-4-6-14(13)10-15/h7-8,10,12H,3-6,9,11H2,1-2H3,(H,18,20)/t12-/m1/s1. The number of thioether (sulfide) groups is 1. The summed E-state index contributed by atoms with van der Waals surface area (Å²) in [5.41, 5.74) is 2.82. The molecule has 0 saturated heterocycles. The average Bonchev–Trinajstić information content (AvgIpc) is 2.98. The van der Waals surface area contributed by atoms with Gasteiger partial charge in [-0.25, -0.2) is 0 Å². The first-order chi connectivity index (χ1) is 10.6. The van der Waals surface area contributed by atoms with Crippen LogP contribution in [-0.2, 0) is 27.2 Å². The molecule has 0 unspecified atom stereocenters. The molecule has 0 spiro atoms. The number of amides is 1. The number of aryl methyl sites for hydroxylation is 2. The van der Waals surface area contributed by atoms with Gasteiger partial charge in [0, 0.05) is 11.4 Å². The molecule has 1 aliphatic carbocycles. The van der Waals surface area contributed by atoms with Crippen molar-refractivity contribution in [1.29, 1.82) is 0 Å². The van der Waals surface area contributed by atoms with E-state index in [9.17, 15) is 9.59 Å². The van der Waals surface area contributed by atoms with Crippen molar-refractivity contribution < 1.29 is 14.3 Å². The summed E-state index contributed by atoms with van der Waals surface area (Å²) in [5, 5.41) is 2.72. The third-order valence-electron chi connectivity index (χ3n) is 3.65. The van der Waals surface area contributed by atoms with Gasteiger partial charge in [0.05, 0.1) is 5.75 Å². The SMILES string of the molecule is CCCNC(=O)[C@@H](C)OC(=O)CSc1ccc2c(c1)CCC2. The number of carbonyl (C=O) groups excluding carboxylic acids is 2. The van der Waals surface area contributed by atoms with E-state index in [0.717, 1.165) is 24.2 Å². The molecule has 5 heteroatoms. The Labute approximate surface area is 136 Å². The van der Waals surface area contributed by atoms with Crippen LogP contribution < -0.4 is 5.32 Å². The van der Waals surface area contributed by atoms with Gasteiger partial charge >= 0.3 is 5.97 Å². The van der Waals surface area contributed by atoms with Crippen LogP contribution in [0.25, 0.3) is 0 Å². The third-order valence-corrected chi connectivity index (χ3v) is 4.62. The van der Waals surface area contributed by atoms with Gasteiger partial charge in [0.15, 0.2) is 6.10 Å². The molecule has 2 rings (SSSR count). The molecule has 0 saturated carbocycles. The van der Waals surface area contributed by atoms with Gasteiger partial charge in [-0.1, -0.05) is 13.0 Å². The molecule has 0 heterocycles. The second-order valence-electron chi connectivity index (χ2n) is 5.50. The van der Waals surface area contributed by atoms with E-state index >= 15 is 0 Å². The first kappa shape index (κ1) is 16.9. The minimum absolute atomic E-state index is 0.226. The highest BCUT2D eigenvalue weighted by atomic mass is 32.2. The van der Waals surface area contributed by atoms with Gasteiger partial charge in [0.2, 0.25) is 0 Å². The number of hydrogen-bond acceptors (Lipinski definition) is 4. The van der Waals surface area contributed by atoms with Crippen molar-refractivity contribution in [3.8, 4) is 0 Å².